The van der Waals surface area contributed by atoms with Crippen molar-refractivity contribution in [2.75, 3.05) is 0 Å². The minimum Gasteiger partial charge on any atom is -0.0843 e. The van der Waals surface area contributed by atoms with Crippen molar-refractivity contribution >= 4 is 23.2 Å². The highest BCUT2D eigenvalue weighted by atomic mass is 35.5. The molecule has 0 spiro atoms. The van der Waals surface area contributed by atoms with Gasteiger partial charge in [0.25, 0.3) is 0 Å². The number of benzene rings is 2. The first-order chi connectivity index (χ1) is 8.59. The van der Waals surface area contributed by atoms with Crippen molar-refractivity contribution in [3.8, 4) is 0 Å². The van der Waals surface area contributed by atoms with Gasteiger partial charge in [-0.05, 0) is 37.6 Å². The van der Waals surface area contributed by atoms with E-state index in [1.807, 2.05) is 76.2 Å². The molecular formula is C16H20Cl2. The molecule has 0 heterocycles. The second-order valence-electron chi connectivity index (χ2n) is 3.54. The van der Waals surface area contributed by atoms with Gasteiger partial charge in [-0.2, -0.15) is 0 Å². The van der Waals surface area contributed by atoms with E-state index in [2.05, 4.69) is 0 Å². The van der Waals surface area contributed by atoms with Gasteiger partial charge in [0.15, 0.2) is 0 Å². The molecule has 0 radical (unpaired) electrons. The predicted octanol–water partition coefficient (Wildman–Crippen LogP) is 6.32. The molecule has 2 aromatic carbocycles. The number of rotatable bonds is 0. The maximum atomic E-state index is 5.71. The molecule has 0 fully saturated rings. The van der Waals surface area contributed by atoms with Gasteiger partial charge < -0.3 is 0 Å². The van der Waals surface area contributed by atoms with Gasteiger partial charge in [0.2, 0.25) is 0 Å². The van der Waals surface area contributed by atoms with E-state index in [4.69, 9.17) is 23.2 Å². The van der Waals surface area contributed by atoms with Crippen LogP contribution in [0.2, 0.25) is 10.0 Å². The Morgan fingerprint density at radius 1 is 0.722 bits per heavy atom. The summed E-state index contributed by atoms with van der Waals surface area (Å²) in [5, 5.41) is 1.64. The van der Waals surface area contributed by atoms with Crippen LogP contribution in [0.1, 0.15) is 25.0 Å². The Bertz CT molecular complexity index is 391. The van der Waals surface area contributed by atoms with Crippen LogP contribution in [0.15, 0.2) is 48.5 Å². The lowest BCUT2D eigenvalue weighted by Gasteiger charge is -1.90. The molecule has 0 atom stereocenters. The van der Waals surface area contributed by atoms with Crippen molar-refractivity contribution in [3.63, 3.8) is 0 Å². The molecule has 0 aromatic heterocycles. The normalized spacial score (nSPS) is 8.56. The average molecular weight is 283 g/mol. The maximum absolute atomic E-state index is 5.71. The minimum absolute atomic E-state index is 0.801. The smallest absolute Gasteiger partial charge is 0.0435 e. The molecule has 98 valence electrons. The largest absolute Gasteiger partial charge is 0.0843 e. The second-order valence-corrected chi connectivity index (χ2v) is 4.39. The monoisotopic (exact) mass is 282 g/mol. The minimum atomic E-state index is 0.801. The summed E-state index contributed by atoms with van der Waals surface area (Å²) in [6.07, 6.45) is 0. The number of aryl methyl sites for hydroxylation is 2. The third-order valence-electron chi connectivity index (χ3n) is 2.09. The lowest BCUT2D eigenvalue weighted by molar-refractivity contribution is 1.47. The van der Waals surface area contributed by atoms with Gasteiger partial charge in [0.1, 0.15) is 0 Å². The molecule has 0 N–H and O–H groups in total. The van der Waals surface area contributed by atoms with Crippen molar-refractivity contribution in [2.24, 2.45) is 0 Å². The van der Waals surface area contributed by atoms with Crippen molar-refractivity contribution in [1.29, 1.82) is 0 Å². The van der Waals surface area contributed by atoms with Crippen LogP contribution in [0.3, 0.4) is 0 Å². The Morgan fingerprint density at radius 3 is 1.56 bits per heavy atom. The first-order valence-corrected chi connectivity index (χ1v) is 6.78. The third-order valence-corrected chi connectivity index (χ3v) is 2.76. The summed E-state index contributed by atoms with van der Waals surface area (Å²) in [4.78, 5) is 0. The summed E-state index contributed by atoms with van der Waals surface area (Å²) < 4.78 is 0. The van der Waals surface area contributed by atoms with Gasteiger partial charge in [-0.1, -0.05) is 72.9 Å². The summed E-state index contributed by atoms with van der Waals surface area (Å²) in [5.41, 5.74) is 2.38. The van der Waals surface area contributed by atoms with Crippen LogP contribution in [0.25, 0.3) is 0 Å². The van der Waals surface area contributed by atoms with E-state index in [9.17, 15) is 0 Å². The summed E-state index contributed by atoms with van der Waals surface area (Å²) in [5.74, 6) is 0. The van der Waals surface area contributed by atoms with Crippen LogP contribution in [-0.2, 0) is 0 Å². The van der Waals surface area contributed by atoms with E-state index in [0.717, 1.165) is 15.6 Å². The predicted molar refractivity (Wildman–Crippen MR) is 83.7 cm³/mol. The molecular weight excluding hydrogens is 263 g/mol. The zero-order valence-corrected chi connectivity index (χ0v) is 12.9. The topological polar surface area (TPSA) is 0 Å². The summed E-state index contributed by atoms with van der Waals surface area (Å²) in [6.45, 7) is 8.03. The van der Waals surface area contributed by atoms with E-state index >= 15 is 0 Å². The number of hydrogen-bond donors (Lipinski definition) is 0. The highest BCUT2D eigenvalue weighted by molar-refractivity contribution is 6.31. The molecule has 0 saturated carbocycles. The fourth-order valence-corrected chi connectivity index (χ4v) is 1.35. The number of hydrogen-bond acceptors (Lipinski definition) is 0. The van der Waals surface area contributed by atoms with Crippen LogP contribution < -0.4 is 0 Å². The Labute approximate surface area is 121 Å². The Hall–Kier alpha value is -0.980. The molecule has 0 amide bonds. The van der Waals surface area contributed by atoms with Gasteiger partial charge in [0, 0.05) is 10.0 Å². The quantitative estimate of drug-likeness (QED) is 0.530. The third kappa shape index (κ3) is 7.37. The Kier molecular flexibility index (Phi) is 9.45. The van der Waals surface area contributed by atoms with Crippen molar-refractivity contribution in [2.45, 2.75) is 27.7 Å². The molecule has 0 aliphatic carbocycles. The van der Waals surface area contributed by atoms with Crippen LogP contribution in [0.4, 0.5) is 0 Å². The van der Waals surface area contributed by atoms with Crippen LogP contribution in [0.5, 0.6) is 0 Å². The summed E-state index contributed by atoms with van der Waals surface area (Å²) >= 11 is 11.3. The maximum Gasteiger partial charge on any atom is 0.0435 e. The Balaban J connectivity index is 0.000000283. The molecule has 2 aromatic rings. The van der Waals surface area contributed by atoms with Gasteiger partial charge >= 0.3 is 0 Å². The van der Waals surface area contributed by atoms with Gasteiger partial charge in [-0.3, -0.25) is 0 Å². The van der Waals surface area contributed by atoms with Crippen LogP contribution >= 0.6 is 23.2 Å². The van der Waals surface area contributed by atoms with Gasteiger partial charge in [0.05, 0.1) is 0 Å². The summed E-state index contributed by atoms with van der Waals surface area (Å²) in [6, 6.07) is 15.5. The molecule has 18 heavy (non-hydrogen) atoms. The highest BCUT2D eigenvalue weighted by Crippen LogP contribution is 2.11. The van der Waals surface area contributed by atoms with E-state index < -0.39 is 0 Å². The molecule has 0 aliphatic rings. The van der Waals surface area contributed by atoms with E-state index in [1.54, 1.807) is 0 Å². The summed E-state index contributed by atoms with van der Waals surface area (Å²) in [7, 11) is 0. The number of halogens is 2. The fraction of sp³-hybridized carbons (Fsp3) is 0.250. The van der Waals surface area contributed by atoms with E-state index in [-0.39, 0.29) is 0 Å². The molecule has 0 saturated heterocycles. The van der Waals surface area contributed by atoms with Gasteiger partial charge in [-0.15, -0.1) is 0 Å². The van der Waals surface area contributed by atoms with E-state index in [0.29, 0.717) is 0 Å². The first kappa shape index (κ1) is 17.0. The fourth-order valence-electron chi connectivity index (χ4n) is 1.08. The first-order valence-electron chi connectivity index (χ1n) is 6.03. The molecule has 0 aliphatic heterocycles. The highest BCUT2D eigenvalue weighted by Gasteiger charge is 1.86. The molecule has 0 bridgehead atoms. The standard InChI is InChI=1S/2C7H7Cl.C2H6/c1-6-2-4-7(8)5-3-6;1-6-4-2-3-5-7(6)8;1-2/h2*2-5H,1H3;1-2H3. The van der Waals surface area contributed by atoms with Crippen molar-refractivity contribution in [3.05, 3.63) is 69.7 Å². The van der Waals surface area contributed by atoms with Crippen molar-refractivity contribution < 1.29 is 0 Å². The molecule has 2 heteroatoms. The van der Waals surface area contributed by atoms with Crippen molar-refractivity contribution in [1.82, 2.24) is 0 Å². The van der Waals surface area contributed by atoms with Crippen LogP contribution in [0, 0.1) is 13.8 Å². The Morgan fingerprint density at radius 2 is 1.22 bits per heavy atom. The molecule has 2 rings (SSSR count). The zero-order chi connectivity index (χ0) is 14.0. The van der Waals surface area contributed by atoms with Crippen LogP contribution in [-0.4, -0.2) is 0 Å². The zero-order valence-electron chi connectivity index (χ0n) is 11.4. The van der Waals surface area contributed by atoms with E-state index in [1.165, 1.54) is 5.56 Å². The lowest BCUT2D eigenvalue weighted by atomic mass is 10.2. The molecule has 0 unspecified atom stereocenters. The van der Waals surface area contributed by atoms with Gasteiger partial charge in [-0.25, -0.2) is 0 Å². The lowest BCUT2D eigenvalue weighted by Crippen LogP contribution is -1.68. The molecule has 0 nitrogen and oxygen atoms in total. The average Bonchev–Trinajstić information content (AvgIpc) is 2.40. The second kappa shape index (κ2) is 9.99. The SMILES string of the molecule is CC.Cc1ccc(Cl)cc1.Cc1ccccc1Cl.